The van der Waals surface area contributed by atoms with E-state index in [1.807, 2.05) is 13.8 Å². The number of hydrogen-bond donors (Lipinski definition) is 4. The van der Waals surface area contributed by atoms with Crippen LogP contribution in [0, 0.1) is 35.0 Å². The first-order valence-electron chi connectivity index (χ1n) is 18.6. The van der Waals surface area contributed by atoms with Crippen molar-refractivity contribution in [3.63, 3.8) is 0 Å². The number of urea groups is 1. The van der Waals surface area contributed by atoms with Crippen molar-refractivity contribution in [2.45, 2.75) is 115 Å². The molecule has 0 bridgehead atoms. The number of carbonyl (C=O) groups excluding carboxylic acids is 5. The fourth-order valence-corrected chi connectivity index (χ4v) is 9.70. The molecule has 5 N–H and O–H groups in total. The number of primary amides is 1. The summed E-state index contributed by atoms with van der Waals surface area (Å²) in [6.07, 6.45) is 7.52. The molecule has 1 heterocycles. The fraction of sp³-hybridized carbons (Fsp3) is 0.703. The number of carbonyl (C=O) groups is 5. The van der Waals surface area contributed by atoms with E-state index in [-0.39, 0.29) is 52.4 Å². The van der Waals surface area contributed by atoms with E-state index in [2.05, 4.69) is 29.8 Å². The number of nitrogens with two attached hydrogens (primary N) is 1. The minimum Gasteiger partial charge on any atom is -0.363 e. The zero-order valence-electron chi connectivity index (χ0n) is 30.6. The molecule has 1 aromatic carbocycles. The van der Waals surface area contributed by atoms with Gasteiger partial charge in [-0.25, -0.2) is 13.2 Å². The van der Waals surface area contributed by atoms with Crippen molar-refractivity contribution in [3.8, 4) is 0 Å². The number of benzene rings is 1. The third-order valence-electron chi connectivity index (χ3n) is 12.1. The number of fused-ring (bicyclic) bond motifs is 1. The van der Waals surface area contributed by atoms with Gasteiger partial charge in [-0.1, -0.05) is 84.4 Å². The van der Waals surface area contributed by atoms with Crippen LogP contribution in [0.4, 0.5) is 4.79 Å². The van der Waals surface area contributed by atoms with Crippen LogP contribution in [0.1, 0.15) is 85.5 Å². The lowest BCUT2D eigenvalue weighted by Crippen LogP contribution is -2.61. The Hall–Kier alpha value is -3.52. The van der Waals surface area contributed by atoms with Gasteiger partial charge in [0.15, 0.2) is 0 Å². The Morgan fingerprint density at radius 1 is 0.941 bits per heavy atom. The van der Waals surface area contributed by atoms with Gasteiger partial charge in [0.25, 0.3) is 5.91 Å². The molecule has 1 aromatic rings. The third-order valence-corrected chi connectivity index (χ3v) is 14.0. The molecule has 0 spiro atoms. The minimum atomic E-state index is -3.80. The molecule has 4 fully saturated rings. The molecule has 51 heavy (non-hydrogen) atoms. The quantitative estimate of drug-likeness (QED) is 0.200. The van der Waals surface area contributed by atoms with Crippen LogP contribution in [-0.4, -0.2) is 91.5 Å². The summed E-state index contributed by atoms with van der Waals surface area (Å²) in [5, 5.41) is 8.72. The van der Waals surface area contributed by atoms with Crippen LogP contribution in [-0.2, 0) is 29.2 Å². The van der Waals surface area contributed by atoms with E-state index in [4.69, 9.17) is 5.73 Å². The van der Waals surface area contributed by atoms with Gasteiger partial charge in [0.2, 0.25) is 27.6 Å². The molecular formula is C37H56N6O7S. The molecule has 6 atom stereocenters. The van der Waals surface area contributed by atoms with Gasteiger partial charge in [0.05, 0.1) is 10.9 Å². The highest BCUT2D eigenvalue weighted by molar-refractivity contribution is 7.89. The average Bonchev–Trinajstić information content (AvgIpc) is 3.38. The number of nitrogens with zero attached hydrogens (tertiary/aromatic N) is 2. The predicted octanol–water partition coefficient (Wildman–Crippen LogP) is 2.79. The van der Waals surface area contributed by atoms with Crippen molar-refractivity contribution in [2.24, 2.45) is 40.7 Å². The highest BCUT2D eigenvalue weighted by Gasteiger charge is 2.69. The second-order valence-electron chi connectivity index (χ2n) is 16.2. The molecule has 1 saturated heterocycles. The number of likely N-dealkylation sites (N-methyl/N-ethyl adjacent to an activating group) is 1. The highest BCUT2D eigenvalue weighted by atomic mass is 32.2. The van der Waals surface area contributed by atoms with Crippen LogP contribution in [0.2, 0.25) is 0 Å². The number of ketones is 1. The fourth-order valence-electron chi connectivity index (χ4n) is 8.48. The molecule has 4 aliphatic rings. The predicted molar refractivity (Wildman–Crippen MR) is 191 cm³/mol. The molecule has 1 aliphatic heterocycles. The van der Waals surface area contributed by atoms with Crippen molar-refractivity contribution in [1.82, 2.24) is 25.2 Å². The normalized spacial score (nSPS) is 24.9. The second kappa shape index (κ2) is 15.6. The summed E-state index contributed by atoms with van der Waals surface area (Å²) in [6.45, 7) is 8.27. The molecule has 5 amide bonds. The van der Waals surface area contributed by atoms with Crippen LogP contribution in [0.25, 0.3) is 0 Å². The Labute approximate surface area is 302 Å². The highest BCUT2D eigenvalue weighted by Crippen LogP contribution is 2.65. The van der Waals surface area contributed by atoms with Gasteiger partial charge >= 0.3 is 6.03 Å². The number of piperidine rings is 1. The molecule has 3 aliphatic carbocycles. The summed E-state index contributed by atoms with van der Waals surface area (Å²) in [5.41, 5.74) is 5.17. The number of likely N-dealkylation sites (tertiary alicyclic amines) is 1. The zero-order chi connectivity index (χ0) is 37.2. The Morgan fingerprint density at radius 3 is 2.16 bits per heavy atom. The number of rotatable bonds is 15. The summed E-state index contributed by atoms with van der Waals surface area (Å²) < 4.78 is 27.7. The third kappa shape index (κ3) is 8.42. The van der Waals surface area contributed by atoms with Crippen LogP contribution in [0.5, 0.6) is 0 Å². The van der Waals surface area contributed by atoms with E-state index in [0.29, 0.717) is 13.0 Å². The SMILES string of the molecule is CC(C)[C@@H](CN(C)S(=O)(=O)c1ccccc1)NC(=O)N[C@H](C(=O)N1C[C@H]2[C@@H]([C@H]1C(=O)NC(CC1CCC1)C(=O)C(N)=O)C2(C)C)C1CCCCC1. The van der Waals surface area contributed by atoms with E-state index in [0.717, 1.165) is 51.4 Å². The van der Waals surface area contributed by atoms with Crippen molar-refractivity contribution >= 4 is 39.6 Å². The number of hydrogen-bond acceptors (Lipinski definition) is 7. The van der Waals surface area contributed by atoms with Crippen LogP contribution in [0.3, 0.4) is 0 Å². The van der Waals surface area contributed by atoms with Crippen LogP contribution < -0.4 is 21.7 Å². The number of nitrogens with one attached hydrogen (secondary N) is 3. The number of Topliss-reactive ketones (excluding diaryl/α,β-unsaturated/α-hetero) is 1. The first-order chi connectivity index (χ1) is 24.0. The molecule has 1 unspecified atom stereocenters. The Kier molecular flexibility index (Phi) is 11.8. The summed E-state index contributed by atoms with van der Waals surface area (Å²) >= 11 is 0. The van der Waals surface area contributed by atoms with Gasteiger partial charge in [-0.2, -0.15) is 4.31 Å². The van der Waals surface area contributed by atoms with E-state index >= 15 is 0 Å². The maximum atomic E-state index is 14.6. The van der Waals surface area contributed by atoms with Gasteiger partial charge in [-0.05, 0) is 66.4 Å². The monoisotopic (exact) mass is 728 g/mol. The molecule has 13 nitrogen and oxygen atoms in total. The Morgan fingerprint density at radius 2 is 1.59 bits per heavy atom. The van der Waals surface area contributed by atoms with Gasteiger partial charge in [0, 0.05) is 26.2 Å². The van der Waals surface area contributed by atoms with Crippen molar-refractivity contribution in [3.05, 3.63) is 30.3 Å². The van der Waals surface area contributed by atoms with Crippen molar-refractivity contribution in [1.29, 1.82) is 0 Å². The van der Waals surface area contributed by atoms with E-state index in [1.165, 1.54) is 23.5 Å². The first kappa shape index (κ1) is 38.7. The van der Waals surface area contributed by atoms with Crippen molar-refractivity contribution in [2.75, 3.05) is 20.1 Å². The smallest absolute Gasteiger partial charge is 0.315 e. The molecule has 0 radical (unpaired) electrons. The Balaban J connectivity index is 1.33. The topological polar surface area (TPSA) is 188 Å². The first-order valence-corrected chi connectivity index (χ1v) is 20.0. The summed E-state index contributed by atoms with van der Waals surface area (Å²) in [5.74, 6) is -2.88. The molecule has 0 aromatic heterocycles. The van der Waals surface area contributed by atoms with Crippen LogP contribution >= 0.6 is 0 Å². The summed E-state index contributed by atoms with van der Waals surface area (Å²) in [4.78, 5) is 68.8. The van der Waals surface area contributed by atoms with Gasteiger partial charge in [-0.3, -0.25) is 19.2 Å². The second-order valence-corrected chi connectivity index (χ2v) is 18.2. The maximum absolute atomic E-state index is 14.6. The van der Waals surface area contributed by atoms with Gasteiger partial charge < -0.3 is 26.6 Å². The molecular weight excluding hydrogens is 673 g/mol. The molecule has 14 heteroatoms. The molecule has 3 saturated carbocycles. The van der Waals surface area contributed by atoms with Gasteiger partial charge in [0.1, 0.15) is 12.1 Å². The molecule has 5 rings (SSSR count). The largest absolute Gasteiger partial charge is 0.363 e. The summed E-state index contributed by atoms with van der Waals surface area (Å²) in [7, 11) is -2.32. The van der Waals surface area contributed by atoms with Crippen LogP contribution in [0.15, 0.2) is 35.2 Å². The van der Waals surface area contributed by atoms with E-state index in [9.17, 15) is 32.4 Å². The lowest BCUT2D eigenvalue weighted by molar-refractivity contribution is -0.144. The number of sulfonamides is 1. The van der Waals surface area contributed by atoms with Gasteiger partial charge in [-0.15, -0.1) is 0 Å². The lowest BCUT2D eigenvalue weighted by Gasteiger charge is -2.38. The Bertz CT molecular complexity index is 1570. The zero-order valence-corrected chi connectivity index (χ0v) is 31.4. The minimum absolute atomic E-state index is 0.0171. The maximum Gasteiger partial charge on any atom is 0.315 e. The number of amides is 5. The standard InChI is InChI=1S/C37H56N6O7S/c1-22(2)28(21-42(5)51(49,50)25-17-10-7-11-18-25)40-36(48)41-30(24-15-8-6-9-16-24)35(47)43-20-26-29(37(26,3)4)31(43)34(46)39-27(32(44)33(38)45)19-23-13-12-14-23/h7,10-11,17-18,22-24,26-31H,6,8-9,12-16,19-21H2,1-5H3,(H2,38,45)(H,39,46)(H2,40,41,48)/t26-,27?,28+,29-,30-,31-/m0/s1. The van der Waals surface area contributed by atoms with E-state index in [1.54, 1.807) is 23.1 Å². The average molecular weight is 729 g/mol. The summed E-state index contributed by atoms with van der Waals surface area (Å²) in [6, 6.07) is 4.14. The van der Waals surface area contributed by atoms with Crippen molar-refractivity contribution < 1.29 is 32.4 Å². The molecule has 282 valence electrons. The lowest BCUT2D eigenvalue weighted by atomic mass is 9.80. The van der Waals surface area contributed by atoms with E-state index < -0.39 is 57.8 Å².